The molecule has 0 fully saturated rings. The summed E-state index contributed by atoms with van der Waals surface area (Å²) < 4.78 is 11.6. The third kappa shape index (κ3) is 4.74. The Hall–Kier alpha value is -1.53. The Morgan fingerprint density at radius 2 is 2.05 bits per heavy atom. The van der Waals surface area contributed by atoms with Crippen molar-refractivity contribution in [1.82, 2.24) is 5.32 Å². The number of hydrogen-bond donors (Lipinski definition) is 1. The third-order valence-corrected chi connectivity index (χ3v) is 4.85. The molecule has 4 nitrogen and oxygen atoms in total. The molecule has 22 heavy (non-hydrogen) atoms. The summed E-state index contributed by atoms with van der Waals surface area (Å²) in [5.74, 6) is 1.36. The van der Waals surface area contributed by atoms with Crippen LogP contribution in [0.2, 0.25) is 0 Å². The van der Waals surface area contributed by atoms with E-state index >= 15 is 0 Å². The molecule has 1 amide bonds. The van der Waals surface area contributed by atoms with Crippen molar-refractivity contribution in [3.8, 4) is 11.5 Å². The van der Waals surface area contributed by atoms with Crippen LogP contribution < -0.4 is 14.8 Å². The summed E-state index contributed by atoms with van der Waals surface area (Å²) in [6, 6.07) is 9.55. The number of thiophene rings is 1. The van der Waals surface area contributed by atoms with E-state index in [1.807, 2.05) is 18.2 Å². The minimum atomic E-state index is -0.0147. The van der Waals surface area contributed by atoms with Gasteiger partial charge in [-0.05, 0) is 40.5 Å². The van der Waals surface area contributed by atoms with E-state index in [9.17, 15) is 4.79 Å². The molecular weight excluding hydrogens is 366 g/mol. The lowest BCUT2D eigenvalue weighted by molar-refractivity contribution is -0.120. The molecule has 0 saturated heterocycles. The number of rotatable bonds is 7. The highest BCUT2D eigenvalue weighted by Gasteiger charge is 2.10. The van der Waals surface area contributed by atoms with Crippen LogP contribution in [0.15, 0.2) is 34.1 Å². The molecule has 0 spiro atoms. The minimum absolute atomic E-state index is 0.0147. The van der Waals surface area contributed by atoms with Gasteiger partial charge in [0.1, 0.15) is 11.5 Å². The van der Waals surface area contributed by atoms with Gasteiger partial charge in [-0.1, -0.05) is 6.07 Å². The van der Waals surface area contributed by atoms with E-state index in [-0.39, 0.29) is 5.91 Å². The number of nitrogens with one attached hydrogen (secondary N) is 1. The number of amides is 1. The van der Waals surface area contributed by atoms with Crippen LogP contribution in [-0.2, 0) is 17.6 Å². The zero-order chi connectivity index (χ0) is 15.9. The second kappa shape index (κ2) is 8.19. The lowest BCUT2D eigenvalue weighted by Crippen LogP contribution is -2.27. The minimum Gasteiger partial charge on any atom is -0.497 e. The van der Waals surface area contributed by atoms with Gasteiger partial charge >= 0.3 is 0 Å². The molecule has 1 N–H and O–H groups in total. The molecule has 0 bridgehead atoms. The van der Waals surface area contributed by atoms with Gasteiger partial charge in [0.05, 0.1) is 24.4 Å². The number of methoxy groups -OCH3 is 2. The van der Waals surface area contributed by atoms with Gasteiger partial charge in [0.15, 0.2) is 0 Å². The lowest BCUT2D eigenvalue weighted by atomic mass is 10.1. The maximum atomic E-state index is 12.0. The zero-order valence-corrected chi connectivity index (χ0v) is 14.9. The molecule has 0 aliphatic rings. The van der Waals surface area contributed by atoms with Gasteiger partial charge in [-0.3, -0.25) is 4.79 Å². The molecule has 1 heterocycles. The van der Waals surface area contributed by atoms with E-state index in [1.165, 1.54) is 4.88 Å². The second-order valence-electron chi connectivity index (χ2n) is 4.66. The van der Waals surface area contributed by atoms with E-state index in [0.717, 1.165) is 15.8 Å². The summed E-state index contributed by atoms with van der Waals surface area (Å²) in [5.41, 5.74) is 0.847. The number of carbonyl (C=O) groups excluding carboxylic acids is 1. The molecule has 6 heteroatoms. The van der Waals surface area contributed by atoms with E-state index in [1.54, 1.807) is 31.6 Å². The van der Waals surface area contributed by atoms with Crippen LogP contribution in [0.25, 0.3) is 0 Å². The van der Waals surface area contributed by atoms with Gasteiger partial charge < -0.3 is 14.8 Å². The second-order valence-corrected chi connectivity index (χ2v) is 7.21. The zero-order valence-electron chi connectivity index (χ0n) is 12.5. The van der Waals surface area contributed by atoms with Crippen LogP contribution in [0.3, 0.4) is 0 Å². The molecule has 1 aromatic carbocycles. The predicted molar refractivity (Wildman–Crippen MR) is 92.0 cm³/mol. The average Bonchev–Trinajstić information content (AvgIpc) is 2.93. The van der Waals surface area contributed by atoms with Crippen LogP contribution in [0.1, 0.15) is 10.4 Å². The Balaban J connectivity index is 1.86. The molecule has 0 aliphatic carbocycles. The van der Waals surface area contributed by atoms with E-state index < -0.39 is 0 Å². The van der Waals surface area contributed by atoms with E-state index in [0.29, 0.717) is 24.5 Å². The van der Waals surface area contributed by atoms with Crippen LogP contribution >= 0.6 is 27.3 Å². The fraction of sp³-hybridized carbons (Fsp3) is 0.312. The Morgan fingerprint density at radius 3 is 2.68 bits per heavy atom. The summed E-state index contributed by atoms with van der Waals surface area (Å²) in [6.45, 7) is 0.629. The predicted octanol–water partition coefficient (Wildman–Crippen LogP) is 3.43. The molecule has 2 aromatic rings. The van der Waals surface area contributed by atoms with Gasteiger partial charge in [0, 0.05) is 23.1 Å². The summed E-state index contributed by atoms with van der Waals surface area (Å²) in [5, 5.41) is 2.93. The topological polar surface area (TPSA) is 47.6 Å². The quantitative estimate of drug-likeness (QED) is 0.796. The maximum absolute atomic E-state index is 12.0. The summed E-state index contributed by atoms with van der Waals surface area (Å²) in [6.07, 6.45) is 1.13. The van der Waals surface area contributed by atoms with E-state index in [4.69, 9.17) is 9.47 Å². The first-order valence-corrected chi connectivity index (χ1v) is 8.45. The van der Waals surface area contributed by atoms with Gasteiger partial charge in [-0.2, -0.15) is 0 Å². The molecule has 0 radical (unpaired) electrons. The third-order valence-electron chi connectivity index (χ3n) is 3.17. The van der Waals surface area contributed by atoms with Crippen LogP contribution in [0.5, 0.6) is 11.5 Å². The number of ether oxygens (including phenoxy) is 2. The Labute approximate surface area is 142 Å². The first-order valence-electron chi connectivity index (χ1n) is 6.84. The first-order chi connectivity index (χ1) is 10.6. The molecule has 0 atom stereocenters. The molecule has 118 valence electrons. The average molecular weight is 384 g/mol. The molecule has 0 unspecified atom stereocenters. The van der Waals surface area contributed by atoms with Gasteiger partial charge in [0.25, 0.3) is 0 Å². The van der Waals surface area contributed by atoms with Crippen LogP contribution in [0.4, 0.5) is 0 Å². The first kappa shape index (κ1) is 16.8. The standard InChI is InChI=1S/C16H18BrNO3S/c1-20-12-4-3-11(14(10-12)21-2)9-16(19)18-8-7-13-5-6-15(17)22-13/h3-6,10H,7-9H2,1-2H3,(H,18,19). The lowest BCUT2D eigenvalue weighted by Gasteiger charge is -2.10. The molecule has 2 rings (SSSR count). The SMILES string of the molecule is COc1ccc(CC(=O)NCCc2ccc(Br)s2)c(OC)c1. The molecular formula is C16H18BrNO3S. The highest BCUT2D eigenvalue weighted by molar-refractivity contribution is 9.11. The monoisotopic (exact) mass is 383 g/mol. The van der Waals surface area contributed by atoms with Crippen molar-refractivity contribution in [2.75, 3.05) is 20.8 Å². The smallest absolute Gasteiger partial charge is 0.224 e. The summed E-state index contributed by atoms with van der Waals surface area (Å²) in [7, 11) is 3.19. The van der Waals surface area contributed by atoms with Gasteiger partial charge in [-0.25, -0.2) is 0 Å². The highest BCUT2D eigenvalue weighted by atomic mass is 79.9. The molecule has 0 saturated carbocycles. The Bertz CT molecular complexity index is 642. The number of hydrogen-bond acceptors (Lipinski definition) is 4. The van der Waals surface area contributed by atoms with Gasteiger partial charge in [0.2, 0.25) is 5.91 Å². The molecule has 0 aliphatic heterocycles. The van der Waals surface area contributed by atoms with Crippen molar-refractivity contribution in [2.45, 2.75) is 12.8 Å². The largest absolute Gasteiger partial charge is 0.497 e. The number of benzene rings is 1. The summed E-state index contributed by atoms with van der Waals surface area (Å²) in [4.78, 5) is 13.3. The highest BCUT2D eigenvalue weighted by Crippen LogP contribution is 2.25. The normalized spacial score (nSPS) is 10.3. The number of carbonyl (C=O) groups is 1. The van der Waals surface area contributed by atoms with Crippen LogP contribution in [-0.4, -0.2) is 26.7 Å². The fourth-order valence-corrected chi connectivity index (χ4v) is 3.53. The van der Waals surface area contributed by atoms with Crippen molar-refractivity contribution in [1.29, 1.82) is 0 Å². The van der Waals surface area contributed by atoms with Crippen molar-refractivity contribution >= 4 is 33.2 Å². The Kier molecular flexibility index (Phi) is 6.27. The maximum Gasteiger partial charge on any atom is 0.224 e. The Morgan fingerprint density at radius 1 is 1.23 bits per heavy atom. The van der Waals surface area contributed by atoms with E-state index in [2.05, 4.69) is 27.3 Å². The van der Waals surface area contributed by atoms with Crippen molar-refractivity contribution in [3.63, 3.8) is 0 Å². The van der Waals surface area contributed by atoms with Crippen LogP contribution in [0, 0.1) is 0 Å². The van der Waals surface area contributed by atoms with Crippen molar-refractivity contribution in [3.05, 3.63) is 44.6 Å². The van der Waals surface area contributed by atoms with Crippen molar-refractivity contribution in [2.24, 2.45) is 0 Å². The fourth-order valence-electron chi connectivity index (χ4n) is 2.04. The summed E-state index contributed by atoms with van der Waals surface area (Å²) >= 11 is 5.12. The van der Waals surface area contributed by atoms with Gasteiger partial charge in [-0.15, -0.1) is 11.3 Å². The molecule has 1 aromatic heterocycles. The number of halogens is 1. The van der Waals surface area contributed by atoms with Crippen molar-refractivity contribution < 1.29 is 14.3 Å².